The highest BCUT2D eigenvalue weighted by Gasteiger charge is 2.41. The maximum Gasteiger partial charge on any atom is 0.179 e. The van der Waals surface area contributed by atoms with E-state index in [0.29, 0.717) is 0 Å². The molecular formula is C42H30BrNSi. The Morgan fingerprint density at radius 2 is 0.867 bits per heavy atom. The first-order chi connectivity index (χ1) is 22.2. The van der Waals surface area contributed by atoms with Crippen LogP contribution in [0.3, 0.4) is 0 Å². The van der Waals surface area contributed by atoms with Gasteiger partial charge < -0.3 is 4.57 Å². The van der Waals surface area contributed by atoms with Gasteiger partial charge >= 0.3 is 0 Å². The van der Waals surface area contributed by atoms with Crippen LogP contribution in [0.5, 0.6) is 0 Å². The largest absolute Gasteiger partial charge is 0.309 e. The second-order valence-corrected chi connectivity index (χ2v) is 16.2. The normalized spacial score (nSPS) is 11.7. The molecule has 45 heavy (non-hydrogen) atoms. The fourth-order valence-corrected chi connectivity index (χ4v) is 12.2. The summed E-state index contributed by atoms with van der Waals surface area (Å²) in [4.78, 5) is 0. The van der Waals surface area contributed by atoms with Gasteiger partial charge in [0.2, 0.25) is 0 Å². The van der Waals surface area contributed by atoms with Gasteiger partial charge in [-0.05, 0) is 74.3 Å². The molecular weight excluding hydrogens is 626 g/mol. The Morgan fingerprint density at radius 3 is 1.44 bits per heavy atom. The minimum absolute atomic E-state index is 1.08. The van der Waals surface area contributed by atoms with E-state index in [1.54, 1.807) is 0 Å². The molecule has 0 aliphatic carbocycles. The number of hydrogen-bond donors (Lipinski definition) is 0. The molecule has 0 atom stereocenters. The van der Waals surface area contributed by atoms with Crippen LogP contribution in [0, 0.1) is 0 Å². The van der Waals surface area contributed by atoms with Crippen molar-refractivity contribution in [2.24, 2.45) is 0 Å². The third-order valence-electron chi connectivity index (χ3n) is 8.99. The van der Waals surface area contributed by atoms with Gasteiger partial charge in [0.05, 0.1) is 11.0 Å². The summed E-state index contributed by atoms with van der Waals surface area (Å²) in [5.41, 5.74) is 6.01. The highest BCUT2D eigenvalue weighted by atomic mass is 79.9. The number of hydrogen-bond acceptors (Lipinski definition) is 0. The van der Waals surface area contributed by atoms with E-state index in [0.717, 1.165) is 4.47 Å². The maximum absolute atomic E-state index is 3.76. The van der Waals surface area contributed by atoms with E-state index in [4.69, 9.17) is 0 Å². The van der Waals surface area contributed by atoms with Crippen molar-refractivity contribution >= 4 is 66.6 Å². The van der Waals surface area contributed by atoms with Gasteiger partial charge in [0.25, 0.3) is 0 Å². The summed E-state index contributed by atoms with van der Waals surface area (Å²) in [5.74, 6) is 0. The summed E-state index contributed by atoms with van der Waals surface area (Å²) in [6.07, 6.45) is 0. The maximum atomic E-state index is 3.76. The van der Waals surface area contributed by atoms with Gasteiger partial charge in [-0.25, -0.2) is 0 Å². The Morgan fingerprint density at radius 1 is 0.378 bits per heavy atom. The van der Waals surface area contributed by atoms with Crippen LogP contribution in [0.25, 0.3) is 38.6 Å². The average molecular weight is 657 g/mol. The minimum Gasteiger partial charge on any atom is -0.309 e. The Labute approximate surface area is 273 Å². The van der Waals surface area contributed by atoms with Crippen molar-refractivity contribution in [3.8, 4) is 16.8 Å². The van der Waals surface area contributed by atoms with Crippen LogP contribution in [0.1, 0.15) is 0 Å². The minimum atomic E-state index is -2.66. The van der Waals surface area contributed by atoms with Crippen molar-refractivity contribution < 1.29 is 0 Å². The number of benzene rings is 7. The molecule has 7 aromatic carbocycles. The zero-order chi connectivity index (χ0) is 30.2. The Hall–Kier alpha value is -4.96. The molecule has 8 rings (SSSR count). The number of rotatable bonds is 6. The topological polar surface area (TPSA) is 4.93 Å². The standard InChI is InChI=1S/C42H30BrNSi/c43-33-25-27-42-40(29-33)39-28-32(31-14-5-1-6-15-31)24-26-41(39)44(42)34-16-13-23-38(30-34)45(35-17-7-2-8-18-35,36-19-9-3-10-20-36)37-21-11-4-12-22-37/h1-30H. The van der Waals surface area contributed by atoms with Gasteiger partial charge in [0.15, 0.2) is 8.07 Å². The molecule has 0 aliphatic heterocycles. The summed E-state index contributed by atoms with van der Waals surface area (Å²) in [6, 6.07) is 66.9. The van der Waals surface area contributed by atoms with Crippen molar-refractivity contribution in [1.29, 1.82) is 0 Å². The summed E-state index contributed by atoms with van der Waals surface area (Å²) in [5, 5.41) is 7.96. The molecule has 0 unspecified atom stereocenters. The second-order valence-electron chi connectivity index (χ2n) is 11.5. The number of fused-ring (bicyclic) bond motifs is 3. The van der Waals surface area contributed by atoms with Gasteiger partial charge in [-0.3, -0.25) is 0 Å². The molecule has 1 aromatic heterocycles. The van der Waals surface area contributed by atoms with E-state index in [2.05, 4.69) is 202 Å². The van der Waals surface area contributed by atoms with Gasteiger partial charge in [0.1, 0.15) is 0 Å². The van der Waals surface area contributed by atoms with E-state index in [-0.39, 0.29) is 0 Å². The van der Waals surface area contributed by atoms with E-state index < -0.39 is 8.07 Å². The van der Waals surface area contributed by atoms with E-state index >= 15 is 0 Å². The first-order valence-corrected chi connectivity index (χ1v) is 18.1. The Kier molecular flexibility index (Phi) is 7.06. The molecule has 0 bridgehead atoms. The number of aromatic nitrogens is 1. The second kappa shape index (κ2) is 11.5. The van der Waals surface area contributed by atoms with Crippen LogP contribution in [0.2, 0.25) is 0 Å². The van der Waals surface area contributed by atoms with E-state index in [9.17, 15) is 0 Å². The van der Waals surface area contributed by atoms with Crippen molar-refractivity contribution in [2.45, 2.75) is 0 Å². The van der Waals surface area contributed by atoms with Crippen molar-refractivity contribution in [1.82, 2.24) is 4.57 Å². The molecule has 0 saturated heterocycles. The third kappa shape index (κ3) is 4.67. The van der Waals surface area contributed by atoms with Gasteiger partial charge in [-0.2, -0.15) is 0 Å². The molecule has 0 fully saturated rings. The highest BCUT2D eigenvalue weighted by Crippen LogP contribution is 2.36. The zero-order valence-corrected chi connectivity index (χ0v) is 27.2. The van der Waals surface area contributed by atoms with Crippen LogP contribution < -0.4 is 20.7 Å². The predicted octanol–water partition coefficient (Wildman–Crippen LogP) is 8.59. The molecule has 1 heterocycles. The molecule has 0 amide bonds. The molecule has 0 spiro atoms. The lowest BCUT2D eigenvalue weighted by molar-refractivity contribution is 1.18. The molecule has 0 aliphatic rings. The Bertz CT molecular complexity index is 2160. The predicted molar refractivity (Wildman–Crippen MR) is 198 cm³/mol. The molecule has 1 nitrogen and oxygen atoms in total. The first kappa shape index (κ1) is 27.6. The van der Waals surface area contributed by atoms with E-state index in [1.807, 2.05) is 0 Å². The van der Waals surface area contributed by atoms with Crippen molar-refractivity contribution in [3.05, 3.63) is 186 Å². The van der Waals surface area contributed by atoms with Gasteiger partial charge in [0, 0.05) is 20.9 Å². The molecule has 0 radical (unpaired) electrons. The van der Waals surface area contributed by atoms with Crippen LogP contribution in [-0.4, -0.2) is 12.6 Å². The first-order valence-electron chi connectivity index (χ1n) is 15.3. The lowest BCUT2D eigenvalue weighted by Gasteiger charge is -2.34. The lowest BCUT2D eigenvalue weighted by Crippen LogP contribution is -2.74. The van der Waals surface area contributed by atoms with Crippen LogP contribution in [-0.2, 0) is 0 Å². The lowest BCUT2D eigenvalue weighted by atomic mass is 10.0. The molecule has 3 heteroatoms. The van der Waals surface area contributed by atoms with Crippen LogP contribution >= 0.6 is 15.9 Å². The van der Waals surface area contributed by atoms with Crippen molar-refractivity contribution in [2.75, 3.05) is 0 Å². The average Bonchev–Trinajstić information content (AvgIpc) is 3.43. The molecule has 0 N–H and O–H groups in total. The van der Waals surface area contributed by atoms with Crippen LogP contribution in [0.15, 0.2) is 186 Å². The molecule has 0 saturated carbocycles. The smallest absolute Gasteiger partial charge is 0.179 e. The third-order valence-corrected chi connectivity index (χ3v) is 14.3. The summed E-state index contributed by atoms with van der Waals surface area (Å²) in [6.45, 7) is 0. The van der Waals surface area contributed by atoms with Crippen LogP contribution in [0.4, 0.5) is 0 Å². The van der Waals surface area contributed by atoms with Gasteiger partial charge in [-0.1, -0.05) is 155 Å². The molecule has 8 aromatic rings. The SMILES string of the molecule is Brc1ccc2c(c1)c1cc(-c3ccccc3)ccc1n2-c1cccc([Si](c2ccccc2)(c2ccccc2)c2ccccc2)c1. The fourth-order valence-electron chi connectivity index (χ4n) is 7.03. The van der Waals surface area contributed by atoms with Gasteiger partial charge in [-0.15, -0.1) is 0 Å². The number of nitrogens with zero attached hydrogens (tertiary/aromatic N) is 1. The quantitative estimate of drug-likeness (QED) is 0.125. The fraction of sp³-hybridized carbons (Fsp3) is 0. The summed E-state index contributed by atoms with van der Waals surface area (Å²) in [7, 11) is -2.66. The Balaban J connectivity index is 1.42. The zero-order valence-electron chi connectivity index (χ0n) is 24.6. The highest BCUT2D eigenvalue weighted by molar-refractivity contribution is 9.10. The van der Waals surface area contributed by atoms with Crippen molar-refractivity contribution in [3.63, 3.8) is 0 Å². The van der Waals surface area contributed by atoms with E-state index in [1.165, 1.54) is 59.4 Å². The molecule has 214 valence electrons. The number of halogens is 1. The summed E-state index contributed by atoms with van der Waals surface area (Å²) >= 11 is 3.76. The monoisotopic (exact) mass is 655 g/mol. The summed E-state index contributed by atoms with van der Waals surface area (Å²) < 4.78 is 3.52.